The molecule has 1 aromatic heterocycles. The molecule has 0 fully saturated rings. The lowest BCUT2D eigenvalue weighted by Gasteiger charge is -2.10. The number of ether oxygens (including phenoxy) is 2. The van der Waals surface area contributed by atoms with E-state index < -0.39 is 24.5 Å². The highest BCUT2D eigenvalue weighted by Crippen LogP contribution is 2.18. The van der Waals surface area contributed by atoms with Crippen LogP contribution in [0.1, 0.15) is 31.2 Å². The van der Waals surface area contributed by atoms with E-state index in [9.17, 15) is 14.4 Å². The molecule has 0 saturated carbocycles. The molecule has 0 saturated heterocycles. The van der Waals surface area contributed by atoms with Crippen LogP contribution in [0.2, 0.25) is 0 Å². The largest absolute Gasteiger partial charge is 0.465 e. The number of benzene rings is 1. The molecule has 126 valence electrons. The first-order chi connectivity index (χ1) is 11.4. The maximum absolute atomic E-state index is 12.0. The highest BCUT2D eigenvalue weighted by Gasteiger charge is 2.15. The first-order valence-electron chi connectivity index (χ1n) is 7.12. The van der Waals surface area contributed by atoms with Crippen molar-refractivity contribution in [2.45, 2.75) is 13.8 Å². The fourth-order valence-electron chi connectivity index (χ4n) is 1.97. The molecule has 1 aromatic carbocycles. The van der Waals surface area contributed by atoms with E-state index in [-0.39, 0.29) is 0 Å². The summed E-state index contributed by atoms with van der Waals surface area (Å²) in [5.41, 5.74) is 2.37. The van der Waals surface area contributed by atoms with Crippen LogP contribution in [0.3, 0.4) is 0 Å². The molecule has 0 aliphatic rings. The number of thiophene rings is 1. The van der Waals surface area contributed by atoms with Crippen LogP contribution in [0.25, 0.3) is 0 Å². The maximum atomic E-state index is 12.0. The van der Waals surface area contributed by atoms with E-state index in [1.54, 1.807) is 31.4 Å². The van der Waals surface area contributed by atoms with E-state index in [1.807, 2.05) is 6.07 Å². The van der Waals surface area contributed by atoms with Crippen molar-refractivity contribution in [3.05, 3.63) is 51.2 Å². The number of carbonyl (C=O) groups is 3. The summed E-state index contributed by atoms with van der Waals surface area (Å²) in [4.78, 5) is 35.9. The summed E-state index contributed by atoms with van der Waals surface area (Å²) in [6, 6.07) is 6.63. The predicted octanol–water partition coefficient (Wildman–Crippen LogP) is 2.95. The fraction of sp³-hybridized carbons (Fsp3) is 0.235. The minimum Gasteiger partial charge on any atom is -0.465 e. The molecular formula is C17H17NO5S. The van der Waals surface area contributed by atoms with Crippen molar-refractivity contribution in [3.8, 4) is 0 Å². The molecule has 2 rings (SSSR count). The van der Waals surface area contributed by atoms with Crippen LogP contribution in [-0.4, -0.2) is 31.6 Å². The summed E-state index contributed by atoms with van der Waals surface area (Å²) < 4.78 is 9.66. The Balaban J connectivity index is 1.98. The molecule has 0 bridgehead atoms. The van der Waals surface area contributed by atoms with E-state index in [2.05, 4.69) is 10.1 Å². The monoisotopic (exact) mass is 347 g/mol. The maximum Gasteiger partial charge on any atom is 0.349 e. The van der Waals surface area contributed by atoms with Crippen LogP contribution in [0.4, 0.5) is 5.69 Å². The van der Waals surface area contributed by atoms with Crippen LogP contribution in [-0.2, 0) is 14.3 Å². The van der Waals surface area contributed by atoms with Crippen molar-refractivity contribution in [2.24, 2.45) is 0 Å². The number of rotatable bonds is 5. The number of nitrogens with one attached hydrogen (secondary N) is 1. The Labute approximate surface area is 143 Å². The van der Waals surface area contributed by atoms with Gasteiger partial charge in [0.2, 0.25) is 0 Å². The average molecular weight is 347 g/mol. The van der Waals surface area contributed by atoms with Gasteiger partial charge in [-0.25, -0.2) is 9.59 Å². The Kier molecular flexibility index (Phi) is 5.70. The van der Waals surface area contributed by atoms with Gasteiger partial charge < -0.3 is 14.8 Å². The van der Waals surface area contributed by atoms with Crippen LogP contribution in [0, 0.1) is 13.8 Å². The molecule has 2 aromatic rings. The smallest absolute Gasteiger partial charge is 0.349 e. The quantitative estimate of drug-likeness (QED) is 0.841. The molecule has 0 spiro atoms. The number of anilines is 1. The van der Waals surface area contributed by atoms with Crippen LogP contribution in [0.5, 0.6) is 0 Å². The third kappa shape index (κ3) is 4.20. The van der Waals surface area contributed by atoms with Crippen molar-refractivity contribution < 1.29 is 23.9 Å². The first kappa shape index (κ1) is 17.7. The highest BCUT2D eigenvalue weighted by molar-refractivity contribution is 7.12. The van der Waals surface area contributed by atoms with Gasteiger partial charge >= 0.3 is 11.9 Å². The summed E-state index contributed by atoms with van der Waals surface area (Å²) in [5, 5.41) is 4.41. The van der Waals surface area contributed by atoms with Crippen molar-refractivity contribution >= 4 is 34.9 Å². The van der Waals surface area contributed by atoms with Crippen molar-refractivity contribution in [1.82, 2.24) is 0 Å². The number of hydrogen-bond acceptors (Lipinski definition) is 6. The van der Waals surface area contributed by atoms with Crippen LogP contribution in [0.15, 0.2) is 29.6 Å². The molecule has 1 heterocycles. The molecular weight excluding hydrogens is 330 g/mol. The lowest BCUT2D eigenvalue weighted by atomic mass is 10.1. The second-order valence-corrected chi connectivity index (χ2v) is 5.99. The summed E-state index contributed by atoms with van der Waals surface area (Å²) in [7, 11) is 1.28. The summed E-state index contributed by atoms with van der Waals surface area (Å²) in [6.45, 7) is 3.19. The molecule has 0 aliphatic carbocycles. The number of esters is 2. The van der Waals surface area contributed by atoms with Gasteiger partial charge in [0.25, 0.3) is 5.91 Å². The third-order valence-electron chi connectivity index (χ3n) is 3.31. The Bertz CT molecular complexity index is 781. The molecule has 0 unspecified atom stereocenters. The standard InChI is InChI=1S/C17H17NO5S/c1-10-4-5-12(16(20)22-3)8-13(10)18-14(19)9-23-17(21)15-11(2)6-7-24-15/h4-8H,9H2,1-3H3,(H,18,19). The van der Waals surface area contributed by atoms with E-state index in [0.29, 0.717) is 16.1 Å². The van der Waals surface area contributed by atoms with Gasteiger partial charge in [0.05, 0.1) is 12.7 Å². The Hall–Kier alpha value is -2.67. The molecule has 24 heavy (non-hydrogen) atoms. The lowest BCUT2D eigenvalue weighted by Crippen LogP contribution is -2.21. The average Bonchev–Trinajstić information content (AvgIpc) is 3.00. The lowest BCUT2D eigenvalue weighted by molar-refractivity contribution is -0.119. The minimum absolute atomic E-state index is 0.324. The molecule has 0 atom stereocenters. The number of aryl methyl sites for hydroxylation is 2. The SMILES string of the molecule is COC(=O)c1ccc(C)c(NC(=O)COC(=O)c2sccc2C)c1. The zero-order chi connectivity index (χ0) is 17.7. The van der Waals surface area contributed by atoms with Crippen LogP contribution >= 0.6 is 11.3 Å². The van der Waals surface area contributed by atoms with Crippen molar-refractivity contribution in [2.75, 3.05) is 19.0 Å². The summed E-state index contributed by atoms with van der Waals surface area (Å²) in [5.74, 6) is -1.51. The van der Waals surface area contributed by atoms with E-state index in [0.717, 1.165) is 11.1 Å². The van der Waals surface area contributed by atoms with Crippen molar-refractivity contribution in [1.29, 1.82) is 0 Å². The summed E-state index contributed by atoms with van der Waals surface area (Å²) in [6.07, 6.45) is 0. The molecule has 0 aliphatic heterocycles. The zero-order valence-electron chi connectivity index (χ0n) is 13.5. The van der Waals surface area contributed by atoms with Crippen LogP contribution < -0.4 is 5.32 Å². The molecule has 1 N–H and O–H groups in total. The molecule has 6 nitrogen and oxygen atoms in total. The van der Waals surface area contributed by atoms with Gasteiger partial charge in [-0.15, -0.1) is 11.3 Å². The second-order valence-electron chi connectivity index (χ2n) is 5.08. The number of hydrogen-bond donors (Lipinski definition) is 1. The van der Waals surface area contributed by atoms with E-state index in [1.165, 1.54) is 24.5 Å². The van der Waals surface area contributed by atoms with Gasteiger partial charge in [-0.2, -0.15) is 0 Å². The van der Waals surface area contributed by atoms with E-state index >= 15 is 0 Å². The highest BCUT2D eigenvalue weighted by atomic mass is 32.1. The van der Waals surface area contributed by atoms with Gasteiger partial charge in [-0.1, -0.05) is 6.07 Å². The Morgan fingerprint density at radius 3 is 2.46 bits per heavy atom. The van der Waals surface area contributed by atoms with Gasteiger partial charge in [-0.05, 0) is 48.6 Å². The molecule has 0 radical (unpaired) electrons. The Morgan fingerprint density at radius 1 is 1.08 bits per heavy atom. The molecule has 7 heteroatoms. The minimum atomic E-state index is -0.530. The van der Waals surface area contributed by atoms with Crippen molar-refractivity contribution in [3.63, 3.8) is 0 Å². The van der Waals surface area contributed by atoms with Gasteiger partial charge in [0.1, 0.15) is 4.88 Å². The van der Waals surface area contributed by atoms with Gasteiger partial charge in [0.15, 0.2) is 6.61 Å². The zero-order valence-corrected chi connectivity index (χ0v) is 14.4. The third-order valence-corrected chi connectivity index (χ3v) is 4.31. The number of carbonyl (C=O) groups excluding carboxylic acids is 3. The normalized spacial score (nSPS) is 10.1. The predicted molar refractivity (Wildman–Crippen MR) is 90.5 cm³/mol. The number of methoxy groups -OCH3 is 1. The number of amides is 1. The molecule has 1 amide bonds. The second kappa shape index (κ2) is 7.74. The fourth-order valence-corrected chi connectivity index (χ4v) is 2.78. The van der Waals surface area contributed by atoms with E-state index in [4.69, 9.17) is 4.74 Å². The Morgan fingerprint density at radius 2 is 1.83 bits per heavy atom. The first-order valence-corrected chi connectivity index (χ1v) is 8.00. The van der Waals surface area contributed by atoms with Gasteiger partial charge in [0, 0.05) is 5.69 Å². The van der Waals surface area contributed by atoms with Gasteiger partial charge in [-0.3, -0.25) is 4.79 Å². The summed E-state index contributed by atoms with van der Waals surface area (Å²) >= 11 is 1.27. The topological polar surface area (TPSA) is 81.7 Å².